The highest BCUT2D eigenvalue weighted by atomic mass is 16.5. The number of nitriles is 1. The molecule has 5 heterocycles. The predicted molar refractivity (Wildman–Crippen MR) is 286 cm³/mol. The summed E-state index contributed by atoms with van der Waals surface area (Å²) in [6.45, 7) is 14.3. The van der Waals surface area contributed by atoms with Crippen molar-refractivity contribution in [2.45, 2.75) is 108 Å². The normalized spacial score (nSPS) is 25.9. The van der Waals surface area contributed by atoms with Gasteiger partial charge in [0.25, 0.3) is 0 Å². The van der Waals surface area contributed by atoms with E-state index in [-0.39, 0.29) is 10.8 Å². The molecule has 10 aromatic rings. The molecule has 8 aliphatic rings. The van der Waals surface area contributed by atoms with E-state index in [0.717, 1.165) is 22.3 Å². The number of pyridine rings is 1. The van der Waals surface area contributed by atoms with Gasteiger partial charge in [-0.05, 0) is 171 Å². The molecule has 0 saturated heterocycles. The zero-order valence-electron chi connectivity index (χ0n) is 41.2. The van der Waals surface area contributed by atoms with Gasteiger partial charge in [0.2, 0.25) is 0 Å². The van der Waals surface area contributed by atoms with Crippen LogP contribution in [0.3, 0.4) is 0 Å². The summed E-state index contributed by atoms with van der Waals surface area (Å²) in [5.74, 6) is 2.26. The SMILES string of the molecule is CC1(C)c2ccccc2-c2cccc(-c3cc(-c4cccc5c4C(C)(C)c4ccccc4-5)c4c5c6c(ncc5n5c7cc(C#N)c8c(c7c3c45)C3CC4CC(CC8C4)C3)C3(C)OC6(C)c4ccccc43)c21. The van der Waals surface area contributed by atoms with Gasteiger partial charge in [-0.3, -0.25) is 4.98 Å². The van der Waals surface area contributed by atoms with Crippen LogP contribution in [-0.2, 0) is 26.8 Å². The van der Waals surface area contributed by atoms with E-state index in [2.05, 4.69) is 180 Å². The van der Waals surface area contributed by atoms with Gasteiger partial charge in [0.15, 0.2) is 0 Å². The number of hydrogen-bond donors (Lipinski definition) is 0. The summed E-state index contributed by atoms with van der Waals surface area (Å²) in [5, 5.41) is 16.7. The van der Waals surface area contributed by atoms with Crippen LogP contribution in [0, 0.1) is 23.2 Å². The molecular weight excluding hydrogens is 863 g/mol. The van der Waals surface area contributed by atoms with Crippen LogP contribution in [0.5, 0.6) is 0 Å². The van der Waals surface area contributed by atoms with Crippen molar-refractivity contribution in [1.82, 2.24) is 9.38 Å². The lowest BCUT2D eigenvalue weighted by Gasteiger charge is -2.38. The average Bonchev–Trinajstić information content (AvgIpc) is 4.15. The maximum absolute atomic E-state index is 11.4. The van der Waals surface area contributed by atoms with Gasteiger partial charge in [-0.25, -0.2) is 0 Å². The fourth-order valence-electron chi connectivity index (χ4n) is 17.7. The Hall–Kier alpha value is -7.06. The first-order chi connectivity index (χ1) is 34.4. The molecule has 3 aromatic heterocycles. The first-order valence-electron chi connectivity index (χ1n) is 26.4. The molecule has 0 N–H and O–H groups in total. The molecule has 7 aromatic carbocycles. The number of ether oxygens (including phenoxy) is 1. The molecule has 4 heteroatoms. The minimum absolute atomic E-state index is 0.242. The number of hydrogen-bond acceptors (Lipinski definition) is 3. The summed E-state index contributed by atoms with van der Waals surface area (Å²) in [7, 11) is 0. The summed E-state index contributed by atoms with van der Waals surface area (Å²) in [6.07, 6.45) is 8.35. The number of fused-ring (bicyclic) bond motifs is 21. The van der Waals surface area contributed by atoms with Gasteiger partial charge in [-0.15, -0.1) is 0 Å². The van der Waals surface area contributed by atoms with E-state index in [1.54, 1.807) is 0 Å². The van der Waals surface area contributed by atoms with Crippen LogP contribution in [0.2, 0.25) is 0 Å². The average molecular weight is 916 g/mol. The van der Waals surface area contributed by atoms with Crippen LogP contribution < -0.4 is 0 Å². The lowest BCUT2D eigenvalue weighted by molar-refractivity contribution is -0.0523. The first-order valence-corrected chi connectivity index (χ1v) is 26.4. The molecule has 0 radical (unpaired) electrons. The molecule has 342 valence electrons. The largest absolute Gasteiger partial charge is 0.348 e. The van der Waals surface area contributed by atoms with Crippen molar-refractivity contribution in [2.24, 2.45) is 11.8 Å². The Bertz CT molecular complexity index is 4200. The Morgan fingerprint density at radius 1 is 0.493 bits per heavy atom. The molecule has 18 rings (SSSR count). The Morgan fingerprint density at radius 3 is 1.56 bits per heavy atom. The summed E-state index contributed by atoms with van der Waals surface area (Å²) in [4.78, 5) is 5.57. The van der Waals surface area contributed by atoms with Gasteiger partial charge in [-0.2, -0.15) is 5.26 Å². The molecule has 4 atom stereocenters. The van der Waals surface area contributed by atoms with E-state index in [1.165, 1.54) is 154 Å². The van der Waals surface area contributed by atoms with E-state index in [4.69, 9.17) is 9.72 Å². The second kappa shape index (κ2) is 12.5. The zero-order valence-corrected chi connectivity index (χ0v) is 41.2. The molecule has 2 fully saturated rings. The van der Waals surface area contributed by atoms with E-state index in [0.29, 0.717) is 23.7 Å². The summed E-state index contributed by atoms with van der Waals surface area (Å²) < 4.78 is 10.0. The summed E-state index contributed by atoms with van der Waals surface area (Å²) in [6, 6.07) is 49.1. The van der Waals surface area contributed by atoms with Gasteiger partial charge < -0.3 is 9.14 Å². The Labute approximate surface area is 414 Å². The van der Waals surface area contributed by atoms with E-state index in [1.807, 2.05) is 0 Å². The molecule has 6 bridgehead atoms. The lowest BCUT2D eigenvalue weighted by atomic mass is 9.67. The van der Waals surface area contributed by atoms with E-state index >= 15 is 0 Å². The van der Waals surface area contributed by atoms with Crippen molar-refractivity contribution in [3.8, 4) is 50.6 Å². The third kappa shape index (κ3) is 4.38. The maximum atomic E-state index is 11.4. The summed E-state index contributed by atoms with van der Waals surface area (Å²) >= 11 is 0. The highest BCUT2D eigenvalue weighted by molar-refractivity contribution is 6.32. The Morgan fingerprint density at radius 2 is 0.986 bits per heavy atom. The van der Waals surface area contributed by atoms with Crippen molar-refractivity contribution in [3.63, 3.8) is 0 Å². The van der Waals surface area contributed by atoms with Crippen molar-refractivity contribution >= 4 is 38.1 Å². The molecule has 2 aliphatic heterocycles. The van der Waals surface area contributed by atoms with E-state index < -0.39 is 11.2 Å². The van der Waals surface area contributed by atoms with Gasteiger partial charge >= 0.3 is 0 Å². The molecule has 6 aliphatic carbocycles. The van der Waals surface area contributed by atoms with Crippen LogP contribution in [0.4, 0.5) is 0 Å². The molecule has 4 unspecified atom stereocenters. The number of benzene rings is 7. The second-order valence-corrected chi connectivity index (χ2v) is 24.2. The van der Waals surface area contributed by atoms with Crippen molar-refractivity contribution in [2.75, 3.05) is 0 Å². The van der Waals surface area contributed by atoms with Crippen LogP contribution in [-0.4, -0.2) is 9.38 Å². The van der Waals surface area contributed by atoms with Crippen LogP contribution in [0.1, 0.15) is 147 Å². The monoisotopic (exact) mass is 915 g/mol. The Balaban J connectivity index is 1.12. The highest BCUT2D eigenvalue weighted by Gasteiger charge is 2.60. The van der Waals surface area contributed by atoms with Crippen molar-refractivity contribution < 1.29 is 4.74 Å². The topological polar surface area (TPSA) is 50.3 Å². The van der Waals surface area contributed by atoms with E-state index in [9.17, 15) is 5.26 Å². The summed E-state index contributed by atoms with van der Waals surface area (Å²) in [5.41, 5.74) is 25.9. The minimum atomic E-state index is -0.724. The number of aromatic nitrogens is 2. The Kier molecular flexibility index (Phi) is 6.98. The third-order valence-corrected chi connectivity index (χ3v) is 20.1. The standard InChI is InChI=1S/C67H53N3O/c1-64(2)47-21-9-7-15-39(47)41-17-13-19-43(59(41)64)45-31-46(44-20-14-18-42-40-16-8-10-22-48(40)65(3,4)60(42)44)56-58-52(33-69-63-61(58)66(5)49-23-11-12-24-50(49)67(63,6)71-66)70-51-30-38(32-68)53-36-26-34-25-35(27-36)29-37(28-34)54(53)57(51)55(45)62(56)70/h7-24,30-31,33-37H,25-29H2,1-6H3. The van der Waals surface area contributed by atoms with Crippen molar-refractivity contribution in [1.29, 1.82) is 5.26 Å². The van der Waals surface area contributed by atoms with Crippen LogP contribution in [0.15, 0.2) is 128 Å². The molecule has 0 amide bonds. The predicted octanol–water partition coefficient (Wildman–Crippen LogP) is 16.3. The number of rotatable bonds is 2. The van der Waals surface area contributed by atoms with Gasteiger partial charge in [-0.1, -0.05) is 137 Å². The minimum Gasteiger partial charge on any atom is -0.348 e. The third-order valence-electron chi connectivity index (χ3n) is 20.1. The second-order valence-electron chi connectivity index (χ2n) is 24.2. The van der Waals surface area contributed by atoms with Gasteiger partial charge in [0, 0.05) is 37.9 Å². The van der Waals surface area contributed by atoms with Crippen LogP contribution in [0.25, 0.3) is 82.6 Å². The smallest absolute Gasteiger partial charge is 0.135 e. The number of nitrogens with zero attached hydrogens (tertiary/aromatic N) is 3. The first kappa shape index (κ1) is 39.6. The molecule has 4 nitrogen and oxygen atoms in total. The molecule has 0 spiro atoms. The lowest BCUT2D eigenvalue weighted by Crippen LogP contribution is -2.25. The van der Waals surface area contributed by atoms with Gasteiger partial charge in [0.05, 0.1) is 40.1 Å². The molecule has 2 saturated carbocycles. The fraction of sp³-hybridized carbons (Fsp3) is 0.284. The van der Waals surface area contributed by atoms with Gasteiger partial charge in [0.1, 0.15) is 11.2 Å². The zero-order chi connectivity index (χ0) is 47.4. The maximum Gasteiger partial charge on any atom is 0.135 e. The quantitative estimate of drug-likeness (QED) is 0.174. The molecule has 71 heavy (non-hydrogen) atoms. The van der Waals surface area contributed by atoms with Crippen LogP contribution >= 0.6 is 0 Å². The highest BCUT2D eigenvalue weighted by Crippen LogP contribution is 2.66. The fourth-order valence-corrected chi connectivity index (χ4v) is 17.7. The van der Waals surface area contributed by atoms with Crippen molar-refractivity contribution in [3.05, 3.63) is 189 Å². The molecular formula is C67H53N3O.